The molecule has 0 amide bonds. The van der Waals surface area contributed by atoms with E-state index in [1.165, 1.54) is 12.1 Å². The second kappa shape index (κ2) is 5.79. The summed E-state index contributed by atoms with van der Waals surface area (Å²) >= 11 is 4.78. The Balaban J connectivity index is 1.96. The fourth-order valence-corrected chi connectivity index (χ4v) is 1.79. The van der Waals surface area contributed by atoms with Gasteiger partial charge in [0.05, 0.1) is 6.61 Å². The highest BCUT2D eigenvalue weighted by atomic mass is 32.1. The number of ether oxygens (including phenoxy) is 1. The van der Waals surface area contributed by atoms with E-state index in [1.807, 2.05) is 17.8 Å². The number of halogens is 1. The summed E-state index contributed by atoms with van der Waals surface area (Å²) in [4.78, 5) is 4.33. The van der Waals surface area contributed by atoms with Crippen LogP contribution in [0.5, 0.6) is 5.75 Å². The largest absolute Gasteiger partial charge is 0.490 e. The monoisotopic (exact) mass is 279 g/mol. The van der Waals surface area contributed by atoms with Crippen LogP contribution in [0.4, 0.5) is 4.39 Å². The maximum absolute atomic E-state index is 13.7. The average Bonchev–Trinajstić information content (AvgIpc) is 2.77. The topological polar surface area (TPSA) is 53.1 Å². The molecule has 100 valence electrons. The molecule has 0 bridgehead atoms. The summed E-state index contributed by atoms with van der Waals surface area (Å²) in [7, 11) is 1.90. The van der Waals surface area contributed by atoms with Crippen LogP contribution in [0, 0.1) is 5.82 Å². The third-order valence-electron chi connectivity index (χ3n) is 2.72. The van der Waals surface area contributed by atoms with Gasteiger partial charge in [0.15, 0.2) is 11.6 Å². The number of nitrogens with zero attached hydrogens (tertiary/aromatic N) is 2. The van der Waals surface area contributed by atoms with Gasteiger partial charge in [-0.15, -0.1) is 0 Å². The van der Waals surface area contributed by atoms with Crippen molar-refractivity contribution in [3.63, 3.8) is 0 Å². The lowest BCUT2D eigenvalue weighted by Crippen LogP contribution is -2.10. The van der Waals surface area contributed by atoms with Crippen molar-refractivity contribution in [2.45, 2.75) is 6.42 Å². The molecule has 4 nitrogen and oxygen atoms in total. The number of benzene rings is 1. The molecule has 0 saturated heterocycles. The molecule has 0 aliphatic carbocycles. The highest BCUT2D eigenvalue weighted by Crippen LogP contribution is 2.18. The first-order chi connectivity index (χ1) is 9.08. The van der Waals surface area contributed by atoms with Crippen LogP contribution in [0.2, 0.25) is 0 Å². The van der Waals surface area contributed by atoms with Gasteiger partial charge in [-0.05, 0) is 18.2 Å². The van der Waals surface area contributed by atoms with E-state index in [-0.39, 0.29) is 10.7 Å². The van der Waals surface area contributed by atoms with E-state index in [2.05, 4.69) is 4.98 Å². The highest BCUT2D eigenvalue weighted by molar-refractivity contribution is 7.80. The molecule has 0 saturated carbocycles. The summed E-state index contributed by atoms with van der Waals surface area (Å²) in [5, 5.41) is 0. The lowest BCUT2D eigenvalue weighted by Gasteiger charge is -2.08. The number of hydrogen-bond donors (Lipinski definition) is 1. The molecule has 0 radical (unpaired) electrons. The summed E-state index contributed by atoms with van der Waals surface area (Å²) in [5.41, 5.74) is 5.92. The van der Waals surface area contributed by atoms with Crippen LogP contribution in [0.25, 0.3) is 0 Å². The Morgan fingerprint density at radius 1 is 1.53 bits per heavy atom. The van der Waals surface area contributed by atoms with Crippen LogP contribution in [-0.2, 0) is 13.5 Å². The van der Waals surface area contributed by atoms with Crippen LogP contribution >= 0.6 is 12.2 Å². The summed E-state index contributed by atoms with van der Waals surface area (Å²) < 4.78 is 21.0. The van der Waals surface area contributed by atoms with Crippen molar-refractivity contribution in [2.75, 3.05) is 6.61 Å². The second-order valence-corrected chi connectivity index (χ2v) is 4.50. The van der Waals surface area contributed by atoms with E-state index in [0.717, 1.165) is 5.82 Å². The number of thiocarbonyl (C=S) groups is 1. The fraction of sp³-hybridized carbons (Fsp3) is 0.231. The molecule has 1 aromatic carbocycles. The predicted molar refractivity (Wildman–Crippen MR) is 74.7 cm³/mol. The number of rotatable bonds is 5. The van der Waals surface area contributed by atoms with Crippen molar-refractivity contribution >= 4 is 17.2 Å². The van der Waals surface area contributed by atoms with Gasteiger partial charge in [0.25, 0.3) is 0 Å². The van der Waals surface area contributed by atoms with Crippen molar-refractivity contribution in [1.82, 2.24) is 9.55 Å². The van der Waals surface area contributed by atoms with Gasteiger partial charge in [-0.2, -0.15) is 0 Å². The minimum atomic E-state index is -0.467. The first-order valence-electron chi connectivity index (χ1n) is 5.76. The molecule has 0 unspecified atom stereocenters. The van der Waals surface area contributed by atoms with E-state index in [4.69, 9.17) is 22.7 Å². The van der Waals surface area contributed by atoms with Gasteiger partial charge in [-0.3, -0.25) is 0 Å². The third kappa shape index (κ3) is 3.29. The second-order valence-electron chi connectivity index (χ2n) is 4.06. The summed E-state index contributed by atoms with van der Waals surface area (Å²) in [5.74, 6) is 0.611. The van der Waals surface area contributed by atoms with Crippen molar-refractivity contribution in [1.29, 1.82) is 0 Å². The zero-order valence-electron chi connectivity index (χ0n) is 10.5. The molecule has 1 aromatic heterocycles. The Morgan fingerprint density at radius 2 is 2.32 bits per heavy atom. The summed E-state index contributed by atoms with van der Waals surface area (Å²) in [6.45, 7) is 0.355. The molecule has 2 rings (SSSR count). The van der Waals surface area contributed by atoms with Crippen molar-refractivity contribution < 1.29 is 9.13 Å². The molecule has 19 heavy (non-hydrogen) atoms. The molecule has 6 heteroatoms. The Bertz CT molecular complexity index is 597. The molecule has 0 atom stereocenters. The van der Waals surface area contributed by atoms with Gasteiger partial charge >= 0.3 is 0 Å². The zero-order valence-corrected chi connectivity index (χ0v) is 11.3. The van der Waals surface area contributed by atoms with E-state index < -0.39 is 5.82 Å². The van der Waals surface area contributed by atoms with Gasteiger partial charge < -0.3 is 15.0 Å². The molecule has 0 aliphatic heterocycles. The van der Waals surface area contributed by atoms with Gasteiger partial charge in [-0.25, -0.2) is 9.37 Å². The number of imidazole rings is 1. The number of aryl methyl sites for hydroxylation is 1. The van der Waals surface area contributed by atoms with Gasteiger partial charge in [0, 0.05) is 31.4 Å². The molecular weight excluding hydrogens is 265 g/mol. The molecular formula is C13H14FN3OS. The minimum Gasteiger partial charge on any atom is -0.490 e. The molecule has 0 fully saturated rings. The van der Waals surface area contributed by atoms with Crippen LogP contribution in [0.15, 0.2) is 30.6 Å². The first kappa shape index (κ1) is 13.5. The maximum Gasteiger partial charge on any atom is 0.165 e. The average molecular weight is 279 g/mol. The highest BCUT2D eigenvalue weighted by Gasteiger charge is 2.07. The molecule has 1 heterocycles. The molecule has 2 aromatic rings. The SMILES string of the molecule is Cn1ccnc1CCOc1ccc(C(N)=S)cc1F. The Hall–Kier alpha value is -1.95. The zero-order chi connectivity index (χ0) is 13.8. The maximum atomic E-state index is 13.7. The predicted octanol–water partition coefficient (Wildman–Crippen LogP) is 1.81. The van der Waals surface area contributed by atoms with Gasteiger partial charge in [0.2, 0.25) is 0 Å². The minimum absolute atomic E-state index is 0.165. The standard InChI is InChI=1S/C13H14FN3OS/c1-17-6-5-16-12(17)4-7-18-11-3-2-9(13(15)19)8-10(11)14/h2-3,5-6,8H,4,7H2,1H3,(H2,15,19). The Labute approximate surface area is 116 Å². The number of hydrogen-bond acceptors (Lipinski definition) is 3. The molecule has 0 spiro atoms. The normalized spacial score (nSPS) is 10.4. The van der Waals surface area contributed by atoms with Crippen molar-refractivity contribution in [3.05, 3.63) is 47.8 Å². The lowest BCUT2D eigenvalue weighted by atomic mass is 10.2. The first-order valence-corrected chi connectivity index (χ1v) is 6.17. The summed E-state index contributed by atoms with van der Waals surface area (Å²) in [6, 6.07) is 4.45. The Morgan fingerprint density at radius 3 is 2.89 bits per heavy atom. The summed E-state index contributed by atoms with van der Waals surface area (Å²) in [6.07, 6.45) is 4.18. The van der Waals surface area contributed by atoms with E-state index in [9.17, 15) is 4.39 Å². The van der Waals surface area contributed by atoms with Crippen LogP contribution in [0.3, 0.4) is 0 Å². The molecule has 0 aliphatic rings. The van der Waals surface area contributed by atoms with Gasteiger partial charge in [0.1, 0.15) is 10.8 Å². The van der Waals surface area contributed by atoms with E-state index in [0.29, 0.717) is 18.6 Å². The van der Waals surface area contributed by atoms with E-state index >= 15 is 0 Å². The van der Waals surface area contributed by atoms with Gasteiger partial charge in [-0.1, -0.05) is 12.2 Å². The van der Waals surface area contributed by atoms with Crippen LogP contribution in [-0.4, -0.2) is 21.1 Å². The van der Waals surface area contributed by atoms with Crippen molar-refractivity contribution in [2.24, 2.45) is 12.8 Å². The number of aromatic nitrogens is 2. The fourth-order valence-electron chi connectivity index (χ4n) is 1.66. The van der Waals surface area contributed by atoms with Crippen LogP contribution < -0.4 is 10.5 Å². The molecule has 2 N–H and O–H groups in total. The van der Waals surface area contributed by atoms with Crippen LogP contribution in [0.1, 0.15) is 11.4 Å². The lowest BCUT2D eigenvalue weighted by molar-refractivity contribution is 0.301. The smallest absolute Gasteiger partial charge is 0.165 e. The quantitative estimate of drug-likeness (QED) is 0.848. The number of nitrogens with two attached hydrogens (primary N) is 1. The van der Waals surface area contributed by atoms with Crippen molar-refractivity contribution in [3.8, 4) is 5.75 Å². The third-order valence-corrected chi connectivity index (χ3v) is 2.96. The Kier molecular flexibility index (Phi) is 4.11. The van der Waals surface area contributed by atoms with E-state index in [1.54, 1.807) is 12.3 Å².